The predicted molar refractivity (Wildman–Crippen MR) is 75.2 cm³/mol. The minimum atomic E-state index is -0.843. The van der Waals surface area contributed by atoms with Crippen LogP contribution in [0.1, 0.15) is 28.4 Å². The minimum Gasteiger partial charge on any atom is -0.496 e. The number of hydrogen-bond acceptors (Lipinski definition) is 4. The molecule has 0 aliphatic heterocycles. The second-order valence-electron chi connectivity index (χ2n) is 4.57. The van der Waals surface area contributed by atoms with Crippen LogP contribution in [0.2, 0.25) is 0 Å². The molecule has 0 saturated heterocycles. The molecule has 1 unspecified atom stereocenters. The molecular formula is C15H18N2O2. The number of ether oxygens (including phenoxy) is 1. The van der Waals surface area contributed by atoms with E-state index < -0.39 is 6.10 Å². The average molecular weight is 258 g/mol. The first-order valence-electron chi connectivity index (χ1n) is 6.08. The first-order chi connectivity index (χ1) is 9.04. The molecule has 4 nitrogen and oxygen atoms in total. The summed E-state index contributed by atoms with van der Waals surface area (Å²) in [5.41, 5.74) is 9.17. The summed E-state index contributed by atoms with van der Waals surface area (Å²) in [6.45, 7) is 3.87. The maximum absolute atomic E-state index is 10.6. The fourth-order valence-corrected chi connectivity index (χ4v) is 2.15. The maximum Gasteiger partial charge on any atom is 0.129 e. The van der Waals surface area contributed by atoms with Gasteiger partial charge in [-0.15, -0.1) is 0 Å². The van der Waals surface area contributed by atoms with Gasteiger partial charge in [0.05, 0.1) is 7.11 Å². The summed E-state index contributed by atoms with van der Waals surface area (Å²) in [5.74, 6) is 0.991. The van der Waals surface area contributed by atoms with Crippen LogP contribution >= 0.6 is 0 Å². The zero-order chi connectivity index (χ0) is 14.0. The van der Waals surface area contributed by atoms with Crippen LogP contribution in [-0.4, -0.2) is 17.2 Å². The lowest BCUT2D eigenvalue weighted by molar-refractivity contribution is 0.214. The highest BCUT2D eigenvalue weighted by Crippen LogP contribution is 2.34. The molecule has 0 saturated carbocycles. The Morgan fingerprint density at radius 1 is 1.26 bits per heavy atom. The van der Waals surface area contributed by atoms with Gasteiger partial charge in [-0.25, -0.2) is 4.98 Å². The molecule has 0 radical (unpaired) electrons. The normalized spacial score (nSPS) is 12.2. The molecule has 3 N–H and O–H groups in total. The Bertz CT molecular complexity index is 576. The molecule has 100 valence electrons. The van der Waals surface area contributed by atoms with Gasteiger partial charge in [-0.3, -0.25) is 0 Å². The lowest BCUT2D eigenvalue weighted by Crippen LogP contribution is -2.09. The number of pyridine rings is 1. The van der Waals surface area contributed by atoms with Gasteiger partial charge >= 0.3 is 0 Å². The second kappa shape index (κ2) is 5.28. The van der Waals surface area contributed by atoms with E-state index in [1.54, 1.807) is 13.3 Å². The van der Waals surface area contributed by atoms with Gasteiger partial charge in [-0.05, 0) is 37.1 Å². The topological polar surface area (TPSA) is 68.4 Å². The quantitative estimate of drug-likeness (QED) is 0.886. The smallest absolute Gasteiger partial charge is 0.129 e. The Balaban J connectivity index is 2.53. The number of aliphatic hydroxyl groups excluding tert-OH is 1. The van der Waals surface area contributed by atoms with Crippen molar-refractivity contribution in [2.24, 2.45) is 0 Å². The lowest BCUT2D eigenvalue weighted by atomic mass is 9.97. The number of nitrogens with two attached hydrogens (primary N) is 1. The van der Waals surface area contributed by atoms with Crippen LogP contribution in [0.4, 0.5) is 5.82 Å². The van der Waals surface area contributed by atoms with Crippen molar-refractivity contribution < 1.29 is 9.84 Å². The highest BCUT2D eigenvalue weighted by Gasteiger charge is 2.20. The van der Waals surface area contributed by atoms with Crippen molar-refractivity contribution in [1.29, 1.82) is 0 Å². The molecule has 1 heterocycles. The monoisotopic (exact) mass is 258 g/mol. The van der Waals surface area contributed by atoms with Crippen LogP contribution in [0.15, 0.2) is 30.5 Å². The summed E-state index contributed by atoms with van der Waals surface area (Å²) in [7, 11) is 1.59. The van der Waals surface area contributed by atoms with Crippen molar-refractivity contribution in [3.05, 3.63) is 52.7 Å². The average Bonchev–Trinajstić information content (AvgIpc) is 2.38. The van der Waals surface area contributed by atoms with E-state index >= 15 is 0 Å². The van der Waals surface area contributed by atoms with Crippen LogP contribution in [0.25, 0.3) is 0 Å². The Kier molecular flexibility index (Phi) is 3.71. The number of benzene rings is 1. The third-order valence-corrected chi connectivity index (χ3v) is 3.20. The molecule has 1 aromatic heterocycles. The van der Waals surface area contributed by atoms with Crippen LogP contribution < -0.4 is 10.5 Å². The number of anilines is 1. The molecule has 0 fully saturated rings. The van der Waals surface area contributed by atoms with Crippen LogP contribution in [0, 0.1) is 13.8 Å². The SMILES string of the molecule is COc1cc(C)ccc1C(O)c1c(C)ccnc1N. The number of aromatic nitrogens is 1. The van der Waals surface area contributed by atoms with Crippen molar-refractivity contribution in [1.82, 2.24) is 4.98 Å². The number of nitrogens with zero attached hydrogens (tertiary/aromatic N) is 1. The number of aliphatic hydroxyl groups is 1. The van der Waals surface area contributed by atoms with E-state index in [1.165, 1.54) is 0 Å². The molecule has 4 heteroatoms. The fourth-order valence-electron chi connectivity index (χ4n) is 2.15. The van der Waals surface area contributed by atoms with Gasteiger partial charge in [0.15, 0.2) is 0 Å². The molecule has 2 rings (SSSR count). The summed E-state index contributed by atoms with van der Waals surface area (Å²) >= 11 is 0. The summed E-state index contributed by atoms with van der Waals surface area (Å²) in [4.78, 5) is 4.04. The predicted octanol–water partition coefficient (Wildman–Crippen LogP) is 2.37. The van der Waals surface area contributed by atoms with Gasteiger partial charge in [0.1, 0.15) is 17.7 Å². The fraction of sp³-hybridized carbons (Fsp3) is 0.267. The van der Waals surface area contributed by atoms with E-state index in [0.29, 0.717) is 22.7 Å². The van der Waals surface area contributed by atoms with E-state index in [-0.39, 0.29) is 0 Å². The van der Waals surface area contributed by atoms with Gasteiger partial charge in [0.2, 0.25) is 0 Å². The zero-order valence-electron chi connectivity index (χ0n) is 11.3. The van der Waals surface area contributed by atoms with Crippen molar-refractivity contribution in [3.63, 3.8) is 0 Å². The van der Waals surface area contributed by atoms with E-state index in [4.69, 9.17) is 10.5 Å². The largest absolute Gasteiger partial charge is 0.496 e. The van der Waals surface area contributed by atoms with Crippen molar-refractivity contribution in [3.8, 4) is 5.75 Å². The van der Waals surface area contributed by atoms with E-state index in [1.807, 2.05) is 38.1 Å². The first kappa shape index (κ1) is 13.4. The molecule has 0 aliphatic rings. The summed E-state index contributed by atoms with van der Waals surface area (Å²) in [6, 6.07) is 7.50. The van der Waals surface area contributed by atoms with Crippen molar-refractivity contribution >= 4 is 5.82 Å². The molecule has 0 spiro atoms. The molecule has 0 amide bonds. The summed E-state index contributed by atoms with van der Waals surface area (Å²) < 4.78 is 5.33. The lowest BCUT2D eigenvalue weighted by Gasteiger charge is -2.18. The number of nitrogen functional groups attached to an aromatic ring is 1. The van der Waals surface area contributed by atoms with Crippen LogP contribution in [-0.2, 0) is 0 Å². The van der Waals surface area contributed by atoms with Gasteiger partial charge in [0, 0.05) is 17.3 Å². The highest BCUT2D eigenvalue weighted by atomic mass is 16.5. The number of aryl methyl sites for hydroxylation is 2. The van der Waals surface area contributed by atoms with Crippen LogP contribution in [0.3, 0.4) is 0 Å². The van der Waals surface area contributed by atoms with Crippen molar-refractivity contribution in [2.75, 3.05) is 12.8 Å². The number of methoxy groups -OCH3 is 1. The summed E-state index contributed by atoms with van der Waals surface area (Å²) in [6.07, 6.45) is 0.789. The Morgan fingerprint density at radius 3 is 2.63 bits per heavy atom. The van der Waals surface area contributed by atoms with Crippen molar-refractivity contribution in [2.45, 2.75) is 20.0 Å². The van der Waals surface area contributed by atoms with E-state index in [9.17, 15) is 5.11 Å². The maximum atomic E-state index is 10.6. The molecule has 0 bridgehead atoms. The third-order valence-electron chi connectivity index (χ3n) is 3.20. The Labute approximate surface area is 112 Å². The van der Waals surface area contributed by atoms with Gasteiger partial charge in [-0.2, -0.15) is 0 Å². The van der Waals surface area contributed by atoms with Gasteiger partial charge < -0.3 is 15.6 Å². The second-order valence-corrected chi connectivity index (χ2v) is 4.57. The van der Waals surface area contributed by atoms with Gasteiger partial charge in [-0.1, -0.05) is 12.1 Å². The first-order valence-corrected chi connectivity index (χ1v) is 6.08. The molecular weight excluding hydrogens is 240 g/mol. The minimum absolute atomic E-state index is 0.343. The molecule has 1 aromatic carbocycles. The Morgan fingerprint density at radius 2 is 2.00 bits per heavy atom. The zero-order valence-corrected chi connectivity index (χ0v) is 11.3. The third kappa shape index (κ3) is 2.53. The number of hydrogen-bond donors (Lipinski definition) is 2. The Hall–Kier alpha value is -2.07. The molecule has 0 aliphatic carbocycles. The van der Waals surface area contributed by atoms with Crippen LogP contribution in [0.5, 0.6) is 5.75 Å². The van der Waals surface area contributed by atoms with E-state index in [2.05, 4.69) is 4.98 Å². The molecule has 2 aromatic rings. The molecule has 1 atom stereocenters. The number of rotatable bonds is 3. The highest BCUT2D eigenvalue weighted by molar-refractivity contribution is 5.51. The van der Waals surface area contributed by atoms with E-state index in [0.717, 1.165) is 11.1 Å². The molecule has 19 heavy (non-hydrogen) atoms. The summed E-state index contributed by atoms with van der Waals surface area (Å²) in [5, 5.41) is 10.6. The standard InChI is InChI=1S/C15H18N2O2/c1-9-4-5-11(12(8-9)19-3)14(18)13-10(2)6-7-17-15(13)16/h4-8,14,18H,1-3H3,(H2,16,17). The van der Waals surface area contributed by atoms with Gasteiger partial charge in [0.25, 0.3) is 0 Å².